The molecule has 3 aromatic heterocycles. The van der Waals surface area contributed by atoms with Crippen LogP contribution in [0.5, 0.6) is 0 Å². The largest absolute Gasteiger partial charge is 0.321 e. The van der Waals surface area contributed by atoms with Gasteiger partial charge in [-0.2, -0.15) is 10.2 Å². The molecule has 1 fully saturated rings. The first-order valence-corrected chi connectivity index (χ1v) is 11.5. The highest BCUT2D eigenvalue weighted by molar-refractivity contribution is 5.93. The van der Waals surface area contributed by atoms with Crippen molar-refractivity contribution in [2.75, 3.05) is 5.32 Å². The number of benzene rings is 1. The van der Waals surface area contributed by atoms with E-state index in [0.717, 1.165) is 24.1 Å². The Hall–Kier alpha value is -3.69. The van der Waals surface area contributed by atoms with Crippen molar-refractivity contribution in [3.8, 4) is 0 Å². The second kappa shape index (κ2) is 8.83. The van der Waals surface area contributed by atoms with Gasteiger partial charge in [0, 0.05) is 17.2 Å². The summed E-state index contributed by atoms with van der Waals surface area (Å²) in [6.45, 7) is 5.42. The summed E-state index contributed by atoms with van der Waals surface area (Å²) in [6.07, 6.45) is -0.808. The summed E-state index contributed by atoms with van der Waals surface area (Å²) in [6, 6.07) is 7.74. The molecule has 35 heavy (non-hydrogen) atoms. The summed E-state index contributed by atoms with van der Waals surface area (Å²) in [4.78, 5) is 17.6. The first kappa shape index (κ1) is 23.1. The van der Waals surface area contributed by atoms with E-state index in [0.29, 0.717) is 40.3 Å². The van der Waals surface area contributed by atoms with E-state index in [4.69, 9.17) is 0 Å². The van der Waals surface area contributed by atoms with E-state index in [2.05, 4.69) is 20.5 Å². The van der Waals surface area contributed by atoms with Crippen LogP contribution in [0.2, 0.25) is 0 Å². The van der Waals surface area contributed by atoms with Gasteiger partial charge in [-0.3, -0.25) is 9.48 Å². The van der Waals surface area contributed by atoms with Crippen LogP contribution in [0.1, 0.15) is 59.1 Å². The van der Waals surface area contributed by atoms with Crippen molar-refractivity contribution in [1.82, 2.24) is 24.5 Å². The third-order valence-corrected chi connectivity index (χ3v) is 6.32. The van der Waals surface area contributed by atoms with Gasteiger partial charge in [-0.25, -0.2) is 22.8 Å². The van der Waals surface area contributed by atoms with E-state index < -0.39 is 6.43 Å². The lowest BCUT2D eigenvalue weighted by Crippen LogP contribution is -2.20. The fourth-order valence-corrected chi connectivity index (χ4v) is 4.43. The molecule has 0 saturated heterocycles. The highest BCUT2D eigenvalue weighted by Gasteiger charge is 2.29. The Labute approximate surface area is 200 Å². The number of alkyl halides is 2. The number of halogens is 3. The molecule has 0 bridgehead atoms. The van der Waals surface area contributed by atoms with Gasteiger partial charge in [-0.15, -0.1) is 0 Å². The van der Waals surface area contributed by atoms with Crippen LogP contribution in [0.4, 0.5) is 18.9 Å². The Morgan fingerprint density at radius 2 is 1.86 bits per heavy atom. The summed E-state index contributed by atoms with van der Waals surface area (Å²) in [5, 5.41) is 12.0. The topological polar surface area (TPSA) is 77.6 Å². The normalized spacial score (nSPS) is 13.7. The van der Waals surface area contributed by atoms with E-state index in [9.17, 15) is 18.0 Å². The molecule has 5 rings (SSSR count). The molecule has 3 heterocycles. The Bertz CT molecular complexity index is 1440. The number of nitrogens with zero attached hydrogens (tertiary/aromatic N) is 5. The molecule has 1 aliphatic rings. The number of aryl methyl sites for hydroxylation is 2. The second-order valence-electron chi connectivity index (χ2n) is 9.03. The van der Waals surface area contributed by atoms with Crippen molar-refractivity contribution in [3.05, 3.63) is 70.1 Å². The molecule has 0 spiro atoms. The van der Waals surface area contributed by atoms with Gasteiger partial charge < -0.3 is 5.32 Å². The predicted octanol–water partition coefficient (Wildman–Crippen LogP) is 5.19. The molecule has 0 atom stereocenters. The number of amides is 1. The van der Waals surface area contributed by atoms with Gasteiger partial charge in [0.1, 0.15) is 12.4 Å². The quantitative estimate of drug-likeness (QED) is 0.393. The number of carbonyl (C=O) groups excluding carboxylic acids is 1. The van der Waals surface area contributed by atoms with E-state index in [-0.39, 0.29) is 29.8 Å². The third-order valence-electron chi connectivity index (χ3n) is 6.32. The first-order chi connectivity index (χ1) is 16.7. The summed E-state index contributed by atoms with van der Waals surface area (Å²) < 4.78 is 44.2. The van der Waals surface area contributed by atoms with E-state index in [1.165, 1.54) is 22.9 Å². The van der Waals surface area contributed by atoms with Crippen LogP contribution >= 0.6 is 0 Å². The number of fused-ring (bicyclic) bond motifs is 1. The average Bonchev–Trinajstić information content (AvgIpc) is 3.56. The predicted molar refractivity (Wildman–Crippen MR) is 125 cm³/mol. The van der Waals surface area contributed by atoms with Crippen molar-refractivity contribution in [2.45, 2.75) is 59.0 Å². The Morgan fingerprint density at radius 3 is 2.54 bits per heavy atom. The van der Waals surface area contributed by atoms with E-state index in [1.54, 1.807) is 30.7 Å². The zero-order valence-corrected chi connectivity index (χ0v) is 19.6. The molecule has 1 amide bonds. The maximum absolute atomic E-state index is 13.8. The van der Waals surface area contributed by atoms with Crippen LogP contribution in [-0.4, -0.2) is 30.5 Å². The highest BCUT2D eigenvalue weighted by atomic mass is 19.3. The standard InChI is InChI=1S/C25H25F3N6O/c1-13-22-19(24(27)28)10-20(17-7-8-17)29-25(22)34(31-13)12-21(35)30-23-14(2)32-33(15(23)3)11-16-5-4-6-18(26)9-16/h4-6,9-10,17,24H,7-8,11-12H2,1-3H3,(H,30,35). The molecule has 1 aromatic carbocycles. The van der Waals surface area contributed by atoms with Gasteiger partial charge in [0.25, 0.3) is 6.43 Å². The lowest BCUT2D eigenvalue weighted by molar-refractivity contribution is -0.116. The molecule has 1 saturated carbocycles. The molecule has 0 unspecified atom stereocenters. The SMILES string of the molecule is Cc1nn(Cc2cccc(F)c2)c(C)c1NC(=O)Cn1nc(C)c2c(C(F)F)cc(C3CC3)nc21. The molecular formula is C25H25F3N6O. The average molecular weight is 483 g/mol. The number of pyridine rings is 1. The van der Waals surface area contributed by atoms with E-state index >= 15 is 0 Å². The van der Waals surface area contributed by atoms with Gasteiger partial charge in [0.15, 0.2) is 5.65 Å². The maximum Gasteiger partial charge on any atom is 0.264 e. The van der Waals surface area contributed by atoms with Crippen LogP contribution in [0.25, 0.3) is 11.0 Å². The molecule has 0 aliphatic heterocycles. The summed E-state index contributed by atoms with van der Waals surface area (Å²) in [5.74, 6) is -0.514. The molecule has 4 aromatic rings. The molecule has 10 heteroatoms. The van der Waals surface area contributed by atoms with E-state index in [1.807, 2.05) is 6.92 Å². The fraction of sp³-hybridized carbons (Fsp3) is 0.360. The molecule has 0 radical (unpaired) electrons. The van der Waals surface area contributed by atoms with Crippen LogP contribution in [0, 0.1) is 26.6 Å². The van der Waals surface area contributed by atoms with Gasteiger partial charge in [-0.1, -0.05) is 12.1 Å². The summed E-state index contributed by atoms with van der Waals surface area (Å²) >= 11 is 0. The minimum Gasteiger partial charge on any atom is -0.321 e. The zero-order valence-electron chi connectivity index (χ0n) is 19.6. The fourth-order valence-electron chi connectivity index (χ4n) is 4.43. The number of anilines is 1. The van der Waals surface area contributed by atoms with Crippen LogP contribution in [-0.2, 0) is 17.9 Å². The summed E-state index contributed by atoms with van der Waals surface area (Å²) in [5.41, 5.74) is 3.88. The Kier molecular flexibility index (Phi) is 5.82. The lowest BCUT2D eigenvalue weighted by Gasteiger charge is -2.09. The molecule has 1 N–H and O–H groups in total. The zero-order chi connectivity index (χ0) is 24.9. The minimum absolute atomic E-state index is 0.0913. The number of hydrogen-bond acceptors (Lipinski definition) is 4. The molecule has 182 valence electrons. The molecule has 7 nitrogen and oxygen atoms in total. The van der Waals surface area contributed by atoms with Gasteiger partial charge in [0.2, 0.25) is 5.91 Å². The third kappa shape index (κ3) is 4.52. The molecular weight excluding hydrogens is 457 g/mol. The second-order valence-corrected chi connectivity index (χ2v) is 9.03. The highest BCUT2D eigenvalue weighted by Crippen LogP contribution is 2.42. The minimum atomic E-state index is -2.66. The maximum atomic E-state index is 13.8. The van der Waals surface area contributed by atoms with Crippen molar-refractivity contribution in [3.63, 3.8) is 0 Å². The van der Waals surface area contributed by atoms with Crippen molar-refractivity contribution in [2.24, 2.45) is 0 Å². The number of hydrogen-bond donors (Lipinski definition) is 1. The molecule has 1 aliphatic carbocycles. The first-order valence-electron chi connectivity index (χ1n) is 11.5. The number of carbonyl (C=O) groups is 1. The number of aromatic nitrogens is 5. The monoisotopic (exact) mass is 482 g/mol. The van der Waals surface area contributed by atoms with Gasteiger partial charge in [0.05, 0.1) is 34.7 Å². The lowest BCUT2D eigenvalue weighted by atomic mass is 10.1. The number of rotatable bonds is 7. The van der Waals surface area contributed by atoms with Crippen LogP contribution in [0.15, 0.2) is 30.3 Å². The Morgan fingerprint density at radius 1 is 1.11 bits per heavy atom. The van der Waals surface area contributed by atoms with Gasteiger partial charge >= 0.3 is 0 Å². The summed E-state index contributed by atoms with van der Waals surface area (Å²) in [7, 11) is 0. The van der Waals surface area contributed by atoms with Crippen molar-refractivity contribution < 1.29 is 18.0 Å². The van der Waals surface area contributed by atoms with Crippen LogP contribution in [0.3, 0.4) is 0 Å². The van der Waals surface area contributed by atoms with Crippen molar-refractivity contribution >= 4 is 22.6 Å². The Balaban J connectivity index is 1.40. The van der Waals surface area contributed by atoms with Crippen molar-refractivity contribution in [1.29, 1.82) is 0 Å². The number of nitrogens with one attached hydrogen (secondary N) is 1. The smallest absolute Gasteiger partial charge is 0.264 e. The van der Waals surface area contributed by atoms with Crippen LogP contribution < -0.4 is 5.32 Å². The van der Waals surface area contributed by atoms with Gasteiger partial charge in [-0.05, 0) is 57.4 Å².